The van der Waals surface area contributed by atoms with E-state index in [0.29, 0.717) is 0 Å². The van der Waals surface area contributed by atoms with E-state index in [0.717, 1.165) is 55.6 Å². The van der Waals surface area contributed by atoms with Gasteiger partial charge in [-0.15, -0.1) is 0 Å². The molecule has 1 aromatic carbocycles. The molecule has 4 rings (SSSR count). The Hall–Kier alpha value is -2.53. The van der Waals surface area contributed by atoms with Gasteiger partial charge in [0.25, 0.3) is 0 Å². The molecule has 5 heteroatoms. The molecule has 3 aliphatic heterocycles. The zero-order valence-corrected chi connectivity index (χ0v) is 14.6. The first-order valence-electron chi connectivity index (χ1n) is 8.89. The maximum absolute atomic E-state index is 5.32. The van der Waals surface area contributed by atoms with Crippen LogP contribution >= 0.6 is 0 Å². The summed E-state index contributed by atoms with van der Waals surface area (Å²) in [5.74, 6) is 1.86. The van der Waals surface area contributed by atoms with Crippen molar-refractivity contribution in [2.45, 2.75) is 6.42 Å². The van der Waals surface area contributed by atoms with Crippen molar-refractivity contribution in [2.24, 2.45) is 4.99 Å². The van der Waals surface area contributed by atoms with E-state index >= 15 is 0 Å². The van der Waals surface area contributed by atoms with Crippen molar-refractivity contribution < 1.29 is 4.74 Å². The Balaban J connectivity index is 1.52. The predicted octanol–water partition coefficient (Wildman–Crippen LogP) is 2.46. The van der Waals surface area contributed by atoms with Gasteiger partial charge in [-0.05, 0) is 43.3 Å². The Morgan fingerprint density at radius 3 is 3.04 bits per heavy atom. The summed E-state index contributed by atoms with van der Waals surface area (Å²) in [5, 5.41) is 3.46. The van der Waals surface area contributed by atoms with Crippen LogP contribution in [0.3, 0.4) is 0 Å². The molecule has 0 amide bonds. The molecular formula is C20H24N4O. The third kappa shape index (κ3) is 3.46. The Morgan fingerprint density at radius 1 is 1.16 bits per heavy atom. The fourth-order valence-corrected chi connectivity index (χ4v) is 3.38. The number of benzene rings is 1. The largest absolute Gasteiger partial charge is 0.497 e. The summed E-state index contributed by atoms with van der Waals surface area (Å²) in [7, 11) is 1.69. The van der Waals surface area contributed by atoms with Gasteiger partial charge in [-0.25, -0.2) is 4.99 Å². The van der Waals surface area contributed by atoms with Gasteiger partial charge in [0.05, 0.1) is 18.5 Å². The highest BCUT2D eigenvalue weighted by Gasteiger charge is 2.20. The van der Waals surface area contributed by atoms with Crippen molar-refractivity contribution >= 4 is 11.5 Å². The van der Waals surface area contributed by atoms with Crippen LogP contribution in [0.5, 0.6) is 5.75 Å². The second-order valence-electron chi connectivity index (χ2n) is 6.42. The van der Waals surface area contributed by atoms with Gasteiger partial charge in [-0.3, -0.25) is 0 Å². The minimum atomic E-state index is 0.839. The van der Waals surface area contributed by atoms with Crippen LogP contribution in [-0.4, -0.2) is 55.5 Å². The number of nitrogens with one attached hydrogen (secondary N) is 1. The third-order valence-electron chi connectivity index (χ3n) is 4.77. The number of hydrogen-bond acceptors (Lipinski definition) is 5. The number of nitrogens with zero attached hydrogens (tertiary/aromatic N) is 3. The molecule has 0 spiro atoms. The average molecular weight is 336 g/mol. The molecule has 3 heterocycles. The standard InChI is InChI=1S/C20H24N4O/c1-25-18-5-2-4-16(14-18)19-8-12-24-15-17(6-7-20(24)22-19)23-11-3-9-21-10-13-23/h2,4-8,14-15,21H,3,9-13H2,1H3. The summed E-state index contributed by atoms with van der Waals surface area (Å²) in [6.45, 7) is 5.16. The Labute approximate surface area is 149 Å². The van der Waals surface area contributed by atoms with Gasteiger partial charge in [0.15, 0.2) is 0 Å². The van der Waals surface area contributed by atoms with Crippen LogP contribution in [0.25, 0.3) is 5.70 Å². The molecule has 0 radical (unpaired) electrons. The average Bonchev–Trinajstić information content (AvgIpc) is 2.97. The van der Waals surface area contributed by atoms with Crippen molar-refractivity contribution in [1.29, 1.82) is 0 Å². The lowest BCUT2D eigenvalue weighted by Gasteiger charge is -2.31. The van der Waals surface area contributed by atoms with Gasteiger partial charge in [-0.1, -0.05) is 12.1 Å². The van der Waals surface area contributed by atoms with E-state index in [1.54, 1.807) is 7.11 Å². The van der Waals surface area contributed by atoms with Gasteiger partial charge in [0.2, 0.25) is 0 Å². The number of hydrogen-bond donors (Lipinski definition) is 1. The summed E-state index contributed by atoms with van der Waals surface area (Å²) in [6.07, 6.45) is 9.90. The van der Waals surface area contributed by atoms with Crippen molar-refractivity contribution in [1.82, 2.24) is 15.1 Å². The lowest BCUT2D eigenvalue weighted by atomic mass is 10.1. The summed E-state index contributed by atoms with van der Waals surface area (Å²) in [4.78, 5) is 9.51. The molecule has 0 aromatic heterocycles. The molecular weight excluding hydrogens is 312 g/mol. The molecule has 25 heavy (non-hydrogen) atoms. The van der Waals surface area contributed by atoms with E-state index in [4.69, 9.17) is 9.73 Å². The highest BCUT2D eigenvalue weighted by atomic mass is 16.5. The van der Waals surface area contributed by atoms with Crippen LogP contribution in [0.4, 0.5) is 0 Å². The molecule has 130 valence electrons. The van der Waals surface area contributed by atoms with Crippen LogP contribution in [0.2, 0.25) is 0 Å². The molecule has 0 unspecified atom stereocenters. The molecule has 5 nitrogen and oxygen atoms in total. The van der Waals surface area contributed by atoms with Crippen LogP contribution in [0.1, 0.15) is 12.0 Å². The van der Waals surface area contributed by atoms with E-state index < -0.39 is 0 Å². The van der Waals surface area contributed by atoms with Gasteiger partial charge in [0, 0.05) is 37.9 Å². The molecule has 0 atom stereocenters. The van der Waals surface area contributed by atoms with Crippen molar-refractivity contribution in [3.8, 4) is 5.75 Å². The lowest BCUT2D eigenvalue weighted by molar-refractivity contribution is 0.369. The Bertz CT molecular complexity index is 755. The molecule has 1 aromatic rings. The minimum absolute atomic E-state index is 0.839. The smallest absolute Gasteiger partial charge is 0.133 e. The second-order valence-corrected chi connectivity index (χ2v) is 6.42. The SMILES string of the molecule is COc1cccc(C2=CCN3C=C(N4CCCNCC4)C=CC3=N2)c1. The van der Waals surface area contributed by atoms with Crippen LogP contribution < -0.4 is 10.1 Å². The molecule has 1 fully saturated rings. The van der Waals surface area contributed by atoms with E-state index in [1.807, 2.05) is 18.2 Å². The normalized spacial score (nSPS) is 20.3. The molecule has 0 aliphatic carbocycles. The van der Waals surface area contributed by atoms with Crippen molar-refractivity contribution in [3.05, 3.63) is 60.0 Å². The molecule has 1 N–H and O–H groups in total. The van der Waals surface area contributed by atoms with Crippen molar-refractivity contribution in [2.75, 3.05) is 39.8 Å². The number of fused-ring (bicyclic) bond motifs is 1. The summed E-state index contributed by atoms with van der Waals surface area (Å²) >= 11 is 0. The van der Waals surface area contributed by atoms with Crippen LogP contribution in [0.15, 0.2) is 59.4 Å². The topological polar surface area (TPSA) is 40.1 Å². The van der Waals surface area contributed by atoms with E-state index in [-0.39, 0.29) is 0 Å². The van der Waals surface area contributed by atoms with Crippen LogP contribution in [-0.2, 0) is 0 Å². The van der Waals surface area contributed by atoms with Gasteiger partial charge in [0.1, 0.15) is 11.6 Å². The number of rotatable bonds is 3. The van der Waals surface area contributed by atoms with Gasteiger partial charge >= 0.3 is 0 Å². The number of allylic oxidation sites excluding steroid dienone is 1. The van der Waals surface area contributed by atoms with E-state index in [2.05, 4.69) is 45.6 Å². The maximum Gasteiger partial charge on any atom is 0.133 e. The fraction of sp³-hybridized carbons (Fsp3) is 0.350. The molecule has 0 saturated carbocycles. The van der Waals surface area contributed by atoms with Gasteiger partial charge < -0.3 is 19.9 Å². The lowest BCUT2D eigenvalue weighted by Crippen LogP contribution is -2.34. The zero-order chi connectivity index (χ0) is 17.1. The highest BCUT2D eigenvalue weighted by molar-refractivity contribution is 6.00. The zero-order valence-electron chi connectivity index (χ0n) is 14.6. The van der Waals surface area contributed by atoms with Crippen molar-refractivity contribution in [3.63, 3.8) is 0 Å². The predicted molar refractivity (Wildman–Crippen MR) is 101 cm³/mol. The summed E-state index contributed by atoms with van der Waals surface area (Å²) in [6, 6.07) is 8.07. The highest BCUT2D eigenvalue weighted by Crippen LogP contribution is 2.26. The fourth-order valence-electron chi connectivity index (χ4n) is 3.38. The first-order valence-corrected chi connectivity index (χ1v) is 8.89. The Kier molecular flexibility index (Phi) is 4.57. The number of amidine groups is 1. The number of aliphatic imine (C=N–C) groups is 1. The van der Waals surface area contributed by atoms with E-state index in [9.17, 15) is 0 Å². The number of methoxy groups -OCH3 is 1. The number of ether oxygens (including phenoxy) is 1. The molecule has 1 saturated heterocycles. The molecule has 3 aliphatic rings. The summed E-state index contributed by atoms with van der Waals surface area (Å²) < 4.78 is 5.32. The monoisotopic (exact) mass is 336 g/mol. The minimum Gasteiger partial charge on any atom is -0.497 e. The summed E-state index contributed by atoms with van der Waals surface area (Å²) in [5.41, 5.74) is 3.37. The van der Waals surface area contributed by atoms with E-state index in [1.165, 1.54) is 12.1 Å². The quantitative estimate of drug-likeness (QED) is 0.920. The Morgan fingerprint density at radius 2 is 2.12 bits per heavy atom. The first kappa shape index (κ1) is 16.0. The molecule has 0 bridgehead atoms. The second kappa shape index (κ2) is 7.15. The first-order chi connectivity index (χ1) is 12.3. The third-order valence-corrected chi connectivity index (χ3v) is 4.77. The van der Waals surface area contributed by atoms with Gasteiger partial charge in [-0.2, -0.15) is 0 Å². The maximum atomic E-state index is 5.32. The van der Waals surface area contributed by atoms with Crippen LogP contribution in [0, 0.1) is 0 Å².